The number of carbonyl (C=O) groups is 2. The van der Waals surface area contributed by atoms with Crippen LogP contribution in [0.25, 0.3) is 0 Å². The highest BCUT2D eigenvalue weighted by Gasteiger charge is 2.53. The molecule has 0 aliphatic heterocycles. The van der Waals surface area contributed by atoms with Crippen LogP contribution < -0.4 is 0 Å². The van der Waals surface area contributed by atoms with E-state index in [0.717, 1.165) is 12.7 Å². The zero-order valence-electron chi connectivity index (χ0n) is 13.9. The van der Waals surface area contributed by atoms with E-state index >= 15 is 0 Å². The van der Waals surface area contributed by atoms with Gasteiger partial charge in [0.15, 0.2) is 0 Å². The molecule has 5 heteroatoms. The normalized spacial score (nSPS) is 14.0. The van der Waals surface area contributed by atoms with Crippen molar-refractivity contribution in [1.82, 2.24) is 0 Å². The van der Waals surface area contributed by atoms with Gasteiger partial charge >= 0.3 is 11.9 Å². The average molecular weight is 340 g/mol. The summed E-state index contributed by atoms with van der Waals surface area (Å²) in [5.74, 6) is -3.19. The van der Waals surface area contributed by atoms with E-state index in [-0.39, 0.29) is 6.61 Å². The molecule has 2 rings (SSSR count). The lowest BCUT2D eigenvalue weighted by atomic mass is 9.82. The Bertz CT molecular complexity index is 726. The molecular weight excluding hydrogens is 320 g/mol. The molecule has 1 unspecified atom stereocenters. The van der Waals surface area contributed by atoms with Crippen LogP contribution in [0.2, 0.25) is 0 Å². The first-order valence-electron chi connectivity index (χ1n) is 7.73. The number of rotatable bonds is 7. The fourth-order valence-electron chi connectivity index (χ4n) is 2.53. The van der Waals surface area contributed by atoms with Gasteiger partial charge in [0.1, 0.15) is 6.61 Å². The van der Waals surface area contributed by atoms with Crippen LogP contribution in [-0.2, 0) is 25.7 Å². The zero-order chi connectivity index (χ0) is 18.3. The monoisotopic (exact) mass is 340 g/mol. The molecule has 0 aliphatic carbocycles. The van der Waals surface area contributed by atoms with E-state index in [2.05, 4.69) is 11.3 Å². The summed E-state index contributed by atoms with van der Waals surface area (Å²) in [4.78, 5) is 24.8. The predicted molar refractivity (Wildman–Crippen MR) is 92.6 cm³/mol. The number of esters is 2. The van der Waals surface area contributed by atoms with E-state index in [1.807, 2.05) is 6.07 Å². The van der Waals surface area contributed by atoms with Crippen molar-refractivity contribution in [1.29, 1.82) is 0 Å². The Labute approximate surface area is 146 Å². The first kappa shape index (κ1) is 18.4. The molecule has 130 valence electrons. The van der Waals surface area contributed by atoms with Crippen molar-refractivity contribution < 1.29 is 24.2 Å². The van der Waals surface area contributed by atoms with E-state index in [4.69, 9.17) is 4.74 Å². The van der Waals surface area contributed by atoms with Gasteiger partial charge in [0.05, 0.1) is 13.0 Å². The van der Waals surface area contributed by atoms with Gasteiger partial charge < -0.3 is 14.6 Å². The molecule has 0 heterocycles. The van der Waals surface area contributed by atoms with Crippen LogP contribution in [0.4, 0.5) is 0 Å². The highest BCUT2D eigenvalue weighted by molar-refractivity contribution is 6.04. The lowest BCUT2D eigenvalue weighted by Crippen LogP contribution is -2.52. The lowest BCUT2D eigenvalue weighted by molar-refractivity contribution is -0.184. The summed E-state index contributed by atoms with van der Waals surface area (Å²) in [6.45, 7) is 3.57. The molecule has 25 heavy (non-hydrogen) atoms. The SMILES string of the molecule is C=C[C@H](c1ccccc1)C(O)(C(=O)OC)C(=O)OCc1ccccc1. The Morgan fingerprint density at radius 1 is 1.08 bits per heavy atom. The molecule has 0 radical (unpaired) electrons. The summed E-state index contributed by atoms with van der Waals surface area (Å²) in [5.41, 5.74) is -1.24. The third-order valence-corrected chi connectivity index (χ3v) is 3.87. The minimum absolute atomic E-state index is 0.0718. The second-order valence-corrected chi connectivity index (χ2v) is 5.44. The molecule has 0 aromatic heterocycles. The fraction of sp³-hybridized carbons (Fsp3) is 0.200. The van der Waals surface area contributed by atoms with Crippen LogP contribution in [0, 0.1) is 0 Å². The number of hydrogen-bond donors (Lipinski definition) is 1. The molecular formula is C20H20O5. The molecule has 2 atom stereocenters. The van der Waals surface area contributed by atoms with Gasteiger partial charge in [-0.2, -0.15) is 0 Å². The maximum absolute atomic E-state index is 12.6. The highest BCUT2D eigenvalue weighted by atomic mass is 16.6. The van der Waals surface area contributed by atoms with E-state index in [9.17, 15) is 14.7 Å². The average Bonchev–Trinajstić information content (AvgIpc) is 2.67. The van der Waals surface area contributed by atoms with E-state index in [1.54, 1.807) is 54.6 Å². The van der Waals surface area contributed by atoms with Crippen molar-refractivity contribution in [2.75, 3.05) is 7.11 Å². The summed E-state index contributed by atoms with van der Waals surface area (Å²) < 4.78 is 9.84. The van der Waals surface area contributed by atoms with Crippen LogP contribution in [0.15, 0.2) is 73.3 Å². The molecule has 1 N–H and O–H groups in total. The molecule has 2 aromatic rings. The molecule has 0 amide bonds. The Hall–Kier alpha value is -2.92. The van der Waals surface area contributed by atoms with Crippen molar-refractivity contribution in [3.05, 3.63) is 84.4 Å². The molecule has 0 fully saturated rings. The van der Waals surface area contributed by atoms with E-state index in [0.29, 0.717) is 5.56 Å². The maximum atomic E-state index is 12.6. The number of aliphatic hydroxyl groups is 1. The van der Waals surface area contributed by atoms with Gasteiger partial charge in [0.25, 0.3) is 5.60 Å². The topological polar surface area (TPSA) is 72.8 Å². The number of benzene rings is 2. The number of methoxy groups -OCH3 is 1. The van der Waals surface area contributed by atoms with Gasteiger partial charge in [-0.1, -0.05) is 66.7 Å². The van der Waals surface area contributed by atoms with Crippen LogP contribution in [0.5, 0.6) is 0 Å². The fourth-order valence-corrected chi connectivity index (χ4v) is 2.53. The zero-order valence-corrected chi connectivity index (χ0v) is 13.9. The summed E-state index contributed by atoms with van der Waals surface area (Å²) in [5, 5.41) is 10.9. The minimum atomic E-state index is -2.52. The molecule has 0 bridgehead atoms. The summed E-state index contributed by atoms with van der Waals surface area (Å²) in [6.07, 6.45) is 1.33. The number of hydrogen-bond acceptors (Lipinski definition) is 5. The summed E-state index contributed by atoms with van der Waals surface area (Å²) >= 11 is 0. The lowest BCUT2D eigenvalue weighted by Gasteiger charge is -2.29. The molecule has 0 aliphatic rings. The van der Waals surface area contributed by atoms with Gasteiger partial charge in [-0.25, -0.2) is 9.59 Å². The first-order chi connectivity index (χ1) is 12.0. The Morgan fingerprint density at radius 2 is 1.64 bits per heavy atom. The number of carbonyl (C=O) groups excluding carboxylic acids is 2. The van der Waals surface area contributed by atoms with Crippen molar-refractivity contribution in [2.24, 2.45) is 0 Å². The Morgan fingerprint density at radius 3 is 2.16 bits per heavy atom. The Balaban J connectivity index is 2.31. The van der Waals surface area contributed by atoms with Crippen molar-refractivity contribution in [3.8, 4) is 0 Å². The standard InChI is InChI=1S/C20H20O5/c1-3-17(16-12-8-5-9-13-16)20(23,18(21)24-2)19(22)25-14-15-10-6-4-7-11-15/h3-13,17,23H,1,14H2,2H3/t17-,20?/m1/s1. The maximum Gasteiger partial charge on any atom is 0.351 e. The smallest absolute Gasteiger partial charge is 0.351 e. The minimum Gasteiger partial charge on any atom is -0.466 e. The van der Waals surface area contributed by atoms with Gasteiger partial charge in [0, 0.05) is 0 Å². The second-order valence-electron chi connectivity index (χ2n) is 5.44. The van der Waals surface area contributed by atoms with Gasteiger partial charge in [-0.3, -0.25) is 0 Å². The van der Waals surface area contributed by atoms with E-state index < -0.39 is 23.5 Å². The quantitative estimate of drug-likeness (QED) is 0.476. The molecule has 0 spiro atoms. The highest BCUT2D eigenvalue weighted by Crippen LogP contribution is 2.32. The third-order valence-electron chi connectivity index (χ3n) is 3.87. The van der Waals surface area contributed by atoms with Crippen LogP contribution >= 0.6 is 0 Å². The summed E-state index contributed by atoms with van der Waals surface area (Å²) in [6, 6.07) is 17.6. The van der Waals surface area contributed by atoms with Crippen molar-refractivity contribution in [2.45, 2.75) is 18.1 Å². The summed E-state index contributed by atoms with van der Waals surface area (Å²) in [7, 11) is 1.10. The second kappa shape index (κ2) is 8.26. The molecule has 0 saturated heterocycles. The predicted octanol–water partition coefficient (Wildman–Crippen LogP) is 2.60. The van der Waals surface area contributed by atoms with E-state index in [1.165, 1.54) is 6.08 Å². The molecule has 2 aromatic carbocycles. The van der Waals surface area contributed by atoms with Crippen molar-refractivity contribution in [3.63, 3.8) is 0 Å². The van der Waals surface area contributed by atoms with Gasteiger partial charge in [0.2, 0.25) is 0 Å². The first-order valence-corrected chi connectivity index (χ1v) is 7.73. The van der Waals surface area contributed by atoms with Crippen LogP contribution in [0.3, 0.4) is 0 Å². The number of ether oxygens (including phenoxy) is 2. The van der Waals surface area contributed by atoms with Crippen LogP contribution in [-0.4, -0.2) is 29.8 Å². The van der Waals surface area contributed by atoms with Crippen LogP contribution in [0.1, 0.15) is 17.0 Å². The third kappa shape index (κ3) is 3.95. The molecule has 5 nitrogen and oxygen atoms in total. The Kier molecular flexibility index (Phi) is 6.08. The van der Waals surface area contributed by atoms with Gasteiger partial charge in [-0.05, 0) is 11.1 Å². The van der Waals surface area contributed by atoms with Crippen molar-refractivity contribution >= 4 is 11.9 Å². The molecule has 0 saturated carbocycles. The van der Waals surface area contributed by atoms with Gasteiger partial charge in [-0.15, -0.1) is 6.58 Å². The largest absolute Gasteiger partial charge is 0.466 e.